The Hall–Kier alpha value is -4.44. The summed E-state index contributed by atoms with van der Waals surface area (Å²) in [5, 5.41) is 17.2. The van der Waals surface area contributed by atoms with Gasteiger partial charge in [-0.3, -0.25) is 9.59 Å². The summed E-state index contributed by atoms with van der Waals surface area (Å²) in [6, 6.07) is -1.14. The third kappa shape index (κ3) is 6.18. The molecule has 17 heteroatoms. The van der Waals surface area contributed by atoms with E-state index < -0.39 is 47.8 Å². The molecule has 3 atom stereocenters. The minimum absolute atomic E-state index is 0.0278. The number of fused-ring (bicyclic) bond motifs is 1. The number of halogens is 5. The van der Waals surface area contributed by atoms with Gasteiger partial charge < -0.3 is 15.2 Å². The van der Waals surface area contributed by atoms with Crippen molar-refractivity contribution < 1.29 is 36.2 Å². The molecule has 0 spiro atoms. The molecule has 12 nitrogen and oxygen atoms in total. The zero-order valence-corrected chi connectivity index (χ0v) is 25.3. The molecule has 3 aliphatic rings. The molecule has 2 aliphatic carbocycles. The maximum absolute atomic E-state index is 14.1. The van der Waals surface area contributed by atoms with Gasteiger partial charge in [-0.15, -0.1) is 0 Å². The Morgan fingerprint density at radius 1 is 1.17 bits per heavy atom. The lowest BCUT2D eigenvalue weighted by atomic mass is 9.76. The van der Waals surface area contributed by atoms with Gasteiger partial charge in [0.15, 0.2) is 11.3 Å². The lowest BCUT2D eigenvalue weighted by Gasteiger charge is -2.33. The fourth-order valence-corrected chi connectivity index (χ4v) is 6.87. The van der Waals surface area contributed by atoms with Gasteiger partial charge in [-0.05, 0) is 61.2 Å². The van der Waals surface area contributed by atoms with Crippen LogP contribution < -0.4 is 10.6 Å². The van der Waals surface area contributed by atoms with E-state index in [2.05, 4.69) is 31.0 Å². The second-order valence-electron chi connectivity index (χ2n) is 13.1. The van der Waals surface area contributed by atoms with Crippen LogP contribution in [-0.2, 0) is 24.7 Å². The highest BCUT2D eigenvalue weighted by Gasteiger charge is 2.56. The van der Waals surface area contributed by atoms with E-state index in [0.717, 1.165) is 12.8 Å². The molecular weight excluding hydrogens is 629 g/mol. The SMILES string of the molecule is Cn1ccnc1C[C@]1(Cc2cnn3cc([C@@H](NC(=O)c4nonc4C4CC4)C4CCC(F)(F)CC4)nc3c2)C[C@@H](C(F)(F)F)NC1=O. The Morgan fingerprint density at radius 2 is 1.94 bits per heavy atom. The van der Waals surface area contributed by atoms with Crippen LogP contribution in [0.2, 0.25) is 0 Å². The van der Waals surface area contributed by atoms with E-state index in [1.807, 2.05) is 0 Å². The molecule has 7 rings (SSSR count). The quantitative estimate of drug-likeness (QED) is 0.254. The van der Waals surface area contributed by atoms with Crippen LogP contribution in [0.3, 0.4) is 0 Å². The van der Waals surface area contributed by atoms with Crippen molar-refractivity contribution in [1.29, 1.82) is 0 Å². The molecule has 250 valence electrons. The van der Waals surface area contributed by atoms with Crippen molar-refractivity contribution in [2.45, 2.75) is 87.9 Å². The Morgan fingerprint density at radius 3 is 2.60 bits per heavy atom. The number of nitrogens with zero attached hydrogens (tertiary/aromatic N) is 7. The van der Waals surface area contributed by atoms with Crippen molar-refractivity contribution >= 4 is 17.5 Å². The maximum atomic E-state index is 14.1. The zero-order chi connectivity index (χ0) is 33.1. The van der Waals surface area contributed by atoms with E-state index in [0.29, 0.717) is 28.4 Å². The molecule has 1 saturated heterocycles. The number of amides is 2. The first kappa shape index (κ1) is 31.2. The van der Waals surface area contributed by atoms with Crippen molar-refractivity contribution in [3.63, 3.8) is 0 Å². The second-order valence-corrected chi connectivity index (χ2v) is 13.1. The van der Waals surface area contributed by atoms with Gasteiger partial charge in [0.05, 0.1) is 29.5 Å². The number of imidazole rings is 2. The maximum Gasteiger partial charge on any atom is 0.408 e. The van der Waals surface area contributed by atoms with Crippen molar-refractivity contribution in [3.8, 4) is 0 Å². The largest absolute Gasteiger partial charge is 0.408 e. The molecular formula is C30H32F5N9O3. The summed E-state index contributed by atoms with van der Waals surface area (Å²) in [6.07, 6.45) is 2.36. The lowest BCUT2D eigenvalue weighted by Crippen LogP contribution is -2.39. The van der Waals surface area contributed by atoms with Crippen LogP contribution in [0.1, 0.15) is 90.2 Å². The molecule has 2 amide bonds. The smallest absolute Gasteiger partial charge is 0.344 e. The Kier molecular flexibility index (Phi) is 7.54. The summed E-state index contributed by atoms with van der Waals surface area (Å²) >= 11 is 0. The van der Waals surface area contributed by atoms with Gasteiger partial charge in [-0.2, -0.15) is 18.3 Å². The van der Waals surface area contributed by atoms with E-state index in [4.69, 9.17) is 9.61 Å². The van der Waals surface area contributed by atoms with E-state index in [1.54, 1.807) is 30.1 Å². The van der Waals surface area contributed by atoms with Gasteiger partial charge >= 0.3 is 6.18 Å². The molecule has 1 aliphatic heterocycles. The predicted octanol–water partition coefficient (Wildman–Crippen LogP) is 4.24. The monoisotopic (exact) mass is 661 g/mol. The molecule has 3 fully saturated rings. The molecule has 0 radical (unpaired) electrons. The standard InChI is InChI=1S/C30H32F5N9O3/c1-43-9-8-36-22(43)13-28(12-20(30(33,34)35)39-27(28)46)11-16-10-21-38-19(15-44(21)37-14-16)23(18-4-6-29(31,32)7-5-18)40-26(45)25-24(17-2-3-17)41-47-42-25/h8-10,14-15,17-18,20,23H,2-7,11-13H2,1H3,(H,39,46)(H,40,45)/t20-,23-,28-/m0/s1. The highest BCUT2D eigenvalue weighted by atomic mass is 19.4. The highest BCUT2D eigenvalue weighted by molar-refractivity contribution is 5.93. The lowest BCUT2D eigenvalue weighted by molar-refractivity contribution is -0.155. The number of alkyl halides is 5. The average molecular weight is 662 g/mol. The second kappa shape index (κ2) is 11.4. The molecule has 0 bridgehead atoms. The molecule has 0 unspecified atom stereocenters. The topological polar surface area (TPSA) is 145 Å². The molecule has 4 aromatic heterocycles. The Bertz CT molecular complexity index is 1800. The van der Waals surface area contributed by atoms with Gasteiger partial charge in [0, 0.05) is 44.6 Å². The molecule has 2 N–H and O–H groups in total. The van der Waals surface area contributed by atoms with E-state index in [9.17, 15) is 31.5 Å². The van der Waals surface area contributed by atoms with Gasteiger partial charge in [-0.25, -0.2) is 27.9 Å². The summed E-state index contributed by atoms with van der Waals surface area (Å²) < 4.78 is 77.4. The first-order valence-electron chi connectivity index (χ1n) is 15.5. The molecule has 0 aromatic carbocycles. The van der Waals surface area contributed by atoms with Crippen molar-refractivity contribution in [2.75, 3.05) is 0 Å². The van der Waals surface area contributed by atoms with E-state index in [-0.39, 0.29) is 56.1 Å². The van der Waals surface area contributed by atoms with Crippen LogP contribution in [0.4, 0.5) is 22.0 Å². The molecule has 2 saturated carbocycles. The summed E-state index contributed by atoms with van der Waals surface area (Å²) in [7, 11) is 1.71. The third-order valence-electron chi connectivity index (χ3n) is 9.66. The molecule has 4 aromatic rings. The van der Waals surface area contributed by atoms with Gasteiger partial charge in [0.25, 0.3) is 5.91 Å². The first-order valence-corrected chi connectivity index (χ1v) is 15.5. The number of nitrogens with one attached hydrogen (secondary N) is 2. The number of carbonyl (C=O) groups is 2. The van der Waals surface area contributed by atoms with Crippen LogP contribution in [0, 0.1) is 11.3 Å². The van der Waals surface area contributed by atoms with Crippen LogP contribution in [0.5, 0.6) is 0 Å². The first-order chi connectivity index (χ1) is 22.3. The van der Waals surface area contributed by atoms with Crippen LogP contribution in [0.25, 0.3) is 5.65 Å². The minimum Gasteiger partial charge on any atom is -0.344 e. The Labute approximate surface area is 264 Å². The van der Waals surface area contributed by atoms with E-state index in [1.165, 1.54) is 16.9 Å². The van der Waals surface area contributed by atoms with Gasteiger partial charge in [-0.1, -0.05) is 5.16 Å². The summed E-state index contributed by atoms with van der Waals surface area (Å²) in [6.45, 7) is 0. The predicted molar refractivity (Wildman–Crippen MR) is 152 cm³/mol. The van der Waals surface area contributed by atoms with Crippen LogP contribution in [-0.4, -0.2) is 64.4 Å². The fourth-order valence-electron chi connectivity index (χ4n) is 6.87. The van der Waals surface area contributed by atoms with Gasteiger partial charge in [0.1, 0.15) is 17.6 Å². The Balaban J connectivity index is 1.19. The number of aromatic nitrogens is 7. The van der Waals surface area contributed by atoms with Gasteiger partial charge in [0.2, 0.25) is 11.8 Å². The van der Waals surface area contributed by atoms with Crippen LogP contribution >= 0.6 is 0 Å². The van der Waals surface area contributed by atoms with E-state index >= 15 is 0 Å². The summed E-state index contributed by atoms with van der Waals surface area (Å²) in [5.41, 5.74) is 0.221. The van der Waals surface area contributed by atoms with Crippen LogP contribution in [0.15, 0.2) is 35.5 Å². The third-order valence-corrected chi connectivity index (χ3v) is 9.66. The minimum atomic E-state index is -4.62. The number of rotatable bonds is 9. The zero-order valence-electron chi connectivity index (χ0n) is 25.3. The number of hydrogen-bond donors (Lipinski definition) is 2. The number of aryl methyl sites for hydroxylation is 1. The number of hydrogen-bond acceptors (Lipinski definition) is 8. The van der Waals surface area contributed by atoms with Crippen molar-refractivity contribution in [3.05, 3.63) is 59.3 Å². The molecule has 47 heavy (non-hydrogen) atoms. The number of carbonyl (C=O) groups excluding carboxylic acids is 2. The normalized spacial score (nSPS) is 24.0. The van der Waals surface area contributed by atoms with Crippen molar-refractivity contribution in [2.24, 2.45) is 18.4 Å². The van der Waals surface area contributed by atoms with Crippen molar-refractivity contribution in [1.82, 2.24) is 45.1 Å². The summed E-state index contributed by atoms with van der Waals surface area (Å²) in [4.78, 5) is 35.6. The summed E-state index contributed by atoms with van der Waals surface area (Å²) in [5.74, 6) is -3.89. The fraction of sp³-hybridized carbons (Fsp3) is 0.567. The molecule has 5 heterocycles. The average Bonchev–Trinajstić information content (AvgIpc) is 3.31. The highest BCUT2D eigenvalue weighted by Crippen LogP contribution is 2.44.